The number of nitrogens with zero attached hydrogens (tertiary/aromatic N) is 1. The van der Waals surface area contributed by atoms with Crippen molar-refractivity contribution in [2.75, 3.05) is 6.54 Å². The average Bonchev–Trinajstić information content (AvgIpc) is 2.25. The van der Waals surface area contributed by atoms with Crippen LogP contribution < -0.4 is 34.7 Å². The number of aliphatic carboxylic acids is 1. The molecular formula is C12H18NNaO3. The summed E-state index contributed by atoms with van der Waals surface area (Å²) in [5.74, 6) is -1.65. The van der Waals surface area contributed by atoms with Crippen LogP contribution >= 0.6 is 0 Å². The number of allylic oxidation sites excluding steroid dienone is 1. The van der Waals surface area contributed by atoms with Gasteiger partial charge in [0, 0.05) is 6.08 Å². The van der Waals surface area contributed by atoms with Gasteiger partial charge in [0.2, 0.25) is 0 Å². The zero-order chi connectivity index (χ0) is 12.2. The first-order chi connectivity index (χ1) is 7.66. The third-order valence-corrected chi connectivity index (χ3v) is 1.86. The van der Waals surface area contributed by atoms with E-state index in [1.54, 1.807) is 0 Å². The molecule has 0 aliphatic rings. The van der Waals surface area contributed by atoms with Gasteiger partial charge in [-0.05, 0) is 24.8 Å². The van der Waals surface area contributed by atoms with Gasteiger partial charge in [-0.3, -0.25) is 4.99 Å². The predicted octanol–water partition coefficient (Wildman–Crippen LogP) is -1.47. The van der Waals surface area contributed by atoms with Crippen LogP contribution in [0.5, 0.6) is 0 Å². The molecule has 0 spiro atoms. The zero-order valence-corrected chi connectivity index (χ0v) is 12.6. The molecule has 4 nitrogen and oxygen atoms in total. The molecule has 0 aromatic rings. The molecule has 1 N–H and O–H groups in total. The van der Waals surface area contributed by atoms with Crippen molar-refractivity contribution in [3.05, 3.63) is 24.3 Å². The topological polar surface area (TPSA) is 72.7 Å². The fourth-order valence-electron chi connectivity index (χ4n) is 1.04. The van der Waals surface area contributed by atoms with Gasteiger partial charge in [0.05, 0.1) is 6.54 Å². The van der Waals surface area contributed by atoms with Crippen LogP contribution in [0.2, 0.25) is 0 Å². The molecule has 0 radical (unpaired) electrons. The number of carbonyl (C=O) groups is 1. The van der Waals surface area contributed by atoms with E-state index in [4.69, 9.17) is 5.11 Å². The van der Waals surface area contributed by atoms with E-state index in [2.05, 4.69) is 11.9 Å². The second-order valence-electron chi connectivity index (χ2n) is 3.32. The molecule has 0 saturated heterocycles. The van der Waals surface area contributed by atoms with Crippen LogP contribution in [0, 0.1) is 0 Å². The van der Waals surface area contributed by atoms with Gasteiger partial charge in [0.25, 0.3) is 0 Å². The van der Waals surface area contributed by atoms with E-state index >= 15 is 0 Å². The van der Waals surface area contributed by atoms with E-state index in [1.165, 1.54) is 12.8 Å². The van der Waals surface area contributed by atoms with Gasteiger partial charge in [-0.2, -0.15) is 0 Å². The molecule has 0 aromatic heterocycles. The first-order valence-electron chi connectivity index (χ1n) is 5.44. The molecule has 0 rings (SSSR count). The summed E-state index contributed by atoms with van der Waals surface area (Å²) in [5, 5.41) is 19.2. The standard InChI is InChI=1S/C12H19NO3.Na/c1-2-3-4-5-6-7-10-13-11(14)8-9-12(15)16;/h6-9H,2-5,10H2,1H3,(H,13,14)(H,15,16);/q;+1/p-1/b7-6+,9-8+;. The summed E-state index contributed by atoms with van der Waals surface area (Å²) in [7, 11) is 0. The van der Waals surface area contributed by atoms with E-state index in [0.717, 1.165) is 25.0 Å². The fraction of sp³-hybridized carbons (Fsp3) is 0.500. The summed E-state index contributed by atoms with van der Waals surface area (Å²) >= 11 is 0. The van der Waals surface area contributed by atoms with Crippen molar-refractivity contribution in [2.24, 2.45) is 4.99 Å². The Bertz CT molecular complexity index is 285. The van der Waals surface area contributed by atoms with Crippen LogP contribution in [0.25, 0.3) is 0 Å². The van der Waals surface area contributed by atoms with Crippen molar-refractivity contribution < 1.29 is 44.6 Å². The summed E-state index contributed by atoms with van der Waals surface area (Å²) in [5.41, 5.74) is 0. The minimum Gasteiger partial charge on any atom is -0.859 e. The number of aliphatic imine (C=N–C) groups is 1. The maximum atomic E-state index is 10.9. The van der Waals surface area contributed by atoms with E-state index < -0.39 is 11.9 Å². The Morgan fingerprint density at radius 1 is 1.29 bits per heavy atom. The van der Waals surface area contributed by atoms with Crippen LogP contribution in [-0.2, 0) is 4.79 Å². The fourth-order valence-corrected chi connectivity index (χ4v) is 1.04. The Hall–Kier alpha value is -0.580. The van der Waals surface area contributed by atoms with E-state index in [-0.39, 0.29) is 29.6 Å². The third kappa shape index (κ3) is 15.4. The van der Waals surface area contributed by atoms with E-state index in [9.17, 15) is 9.90 Å². The van der Waals surface area contributed by atoms with Gasteiger partial charge in [-0.25, -0.2) is 4.79 Å². The Labute approximate surface area is 124 Å². The molecule has 0 aromatic carbocycles. The van der Waals surface area contributed by atoms with Crippen molar-refractivity contribution in [1.82, 2.24) is 0 Å². The second kappa shape index (κ2) is 13.5. The first kappa shape index (κ1) is 18.8. The maximum Gasteiger partial charge on any atom is 1.00 e. The number of carboxylic acid groups (broad SMARTS) is 1. The van der Waals surface area contributed by atoms with Crippen LogP contribution in [-0.4, -0.2) is 23.5 Å². The average molecular weight is 247 g/mol. The molecular weight excluding hydrogens is 229 g/mol. The van der Waals surface area contributed by atoms with Crippen LogP contribution in [0.3, 0.4) is 0 Å². The van der Waals surface area contributed by atoms with Crippen molar-refractivity contribution in [3.8, 4) is 0 Å². The summed E-state index contributed by atoms with van der Waals surface area (Å²) in [6.07, 6.45) is 10.1. The van der Waals surface area contributed by atoms with Gasteiger partial charge in [-0.15, -0.1) is 0 Å². The van der Waals surface area contributed by atoms with Gasteiger partial charge in [-0.1, -0.05) is 31.9 Å². The van der Waals surface area contributed by atoms with Crippen molar-refractivity contribution in [2.45, 2.75) is 32.6 Å². The zero-order valence-electron chi connectivity index (χ0n) is 10.6. The minimum absolute atomic E-state index is 0. The molecule has 0 fully saturated rings. The third-order valence-electron chi connectivity index (χ3n) is 1.86. The minimum atomic E-state index is -1.14. The van der Waals surface area contributed by atoms with Crippen LogP contribution in [0.15, 0.2) is 29.3 Å². The Morgan fingerprint density at radius 3 is 2.59 bits per heavy atom. The van der Waals surface area contributed by atoms with Gasteiger partial charge in [0.1, 0.15) is 0 Å². The number of rotatable bonds is 8. The largest absolute Gasteiger partial charge is 1.00 e. The molecule has 0 unspecified atom stereocenters. The molecule has 0 aliphatic carbocycles. The Balaban J connectivity index is 0. The predicted molar refractivity (Wildman–Crippen MR) is 62.4 cm³/mol. The second-order valence-corrected chi connectivity index (χ2v) is 3.32. The summed E-state index contributed by atoms with van der Waals surface area (Å²) < 4.78 is 0. The molecule has 0 amide bonds. The molecule has 0 bridgehead atoms. The number of hydrogen-bond acceptors (Lipinski definition) is 3. The van der Waals surface area contributed by atoms with E-state index in [1.807, 2.05) is 12.2 Å². The summed E-state index contributed by atoms with van der Waals surface area (Å²) in [6, 6.07) is 0. The monoisotopic (exact) mass is 247 g/mol. The van der Waals surface area contributed by atoms with Crippen LogP contribution in [0.4, 0.5) is 0 Å². The SMILES string of the molecule is CCCCC/C=C/CN=C([O-])/C=C/C(=O)O.[Na+]. The van der Waals surface area contributed by atoms with Gasteiger partial charge in [0.15, 0.2) is 0 Å². The van der Waals surface area contributed by atoms with E-state index in [0.29, 0.717) is 6.54 Å². The number of hydrogen-bond donors (Lipinski definition) is 1. The van der Waals surface area contributed by atoms with Crippen LogP contribution in [0.1, 0.15) is 32.6 Å². The first-order valence-corrected chi connectivity index (χ1v) is 5.44. The molecule has 5 heteroatoms. The van der Waals surface area contributed by atoms with Gasteiger partial charge < -0.3 is 10.2 Å². The summed E-state index contributed by atoms with van der Waals surface area (Å²) in [4.78, 5) is 13.7. The normalized spacial score (nSPS) is 11.9. The maximum absolute atomic E-state index is 10.9. The molecule has 0 saturated carbocycles. The van der Waals surface area contributed by atoms with Crippen molar-refractivity contribution in [3.63, 3.8) is 0 Å². The summed E-state index contributed by atoms with van der Waals surface area (Å²) in [6.45, 7) is 2.46. The number of unbranched alkanes of at least 4 members (excludes halogenated alkanes) is 3. The molecule has 17 heavy (non-hydrogen) atoms. The van der Waals surface area contributed by atoms with Crippen molar-refractivity contribution >= 4 is 11.9 Å². The van der Waals surface area contributed by atoms with Gasteiger partial charge >= 0.3 is 35.5 Å². The number of carboxylic acids is 1. The molecule has 0 atom stereocenters. The smallest absolute Gasteiger partial charge is 0.859 e. The van der Waals surface area contributed by atoms with Crippen molar-refractivity contribution in [1.29, 1.82) is 0 Å². The molecule has 0 heterocycles. The molecule has 0 aliphatic heterocycles. The Kier molecular flexibility index (Phi) is 14.9. The molecule has 90 valence electrons. The quantitative estimate of drug-likeness (QED) is 0.142. The Morgan fingerprint density at radius 2 is 2.00 bits per heavy atom.